The Labute approximate surface area is 160 Å². The number of likely N-dealkylation sites (tertiary alicyclic amines) is 1. The molecule has 0 spiro atoms. The van der Waals surface area contributed by atoms with E-state index in [-0.39, 0.29) is 23.3 Å². The van der Waals surface area contributed by atoms with Crippen LogP contribution < -0.4 is 5.56 Å². The molecular weight excluding hydrogens is 364 g/mol. The highest BCUT2D eigenvalue weighted by atomic mass is 32.2. The standard InChI is InChI=1S/C18H20N6O2S/c1-12-6-4-5-9-23(12)15(25)10-27-18-21-14-8-3-2-7-13(14)16(26)24(18)17-19-11-20-22-17/h2-3,7-8,11-12H,4-6,9-10H2,1H3,(H,19,20,22)/t12-/m0/s1. The topological polar surface area (TPSA) is 96.8 Å². The third kappa shape index (κ3) is 3.46. The van der Waals surface area contributed by atoms with Crippen LogP contribution in [0.3, 0.4) is 0 Å². The Morgan fingerprint density at radius 1 is 1.33 bits per heavy atom. The first kappa shape index (κ1) is 17.7. The fourth-order valence-electron chi connectivity index (χ4n) is 3.38. The summed E-state index contributed by atoms with van der Waals surface area (Å²) >= 11 is 1.25. The predicted molar refractivity (Wildman–Crippen MR) is 103 cm³/mol. The molecule has 1 fully saturated rings. The Balaban J connectivity index is 1.67. The van der Waals surface area contributed by atoms with Crippen LogP contribution in [0.5, 0.6) is 0 Å². The number of thioether (sulfide) groups is 1. The molecule has 1 aliphatic heterocycles. The van der Waals surface area contributed by atoms with Crippen LogP contribution in [0, 0.1) is 0 Å². The first-order valence-electron chi connectivity index (χ1n) is 8.95. The SMILES string of the molecule is C[C@H]1CCCCN1C(=O)CSc1nc2ccccc2c(=O)n1-c1ncn[nH]1. The second-order valence-electron chi connectivity index (χ2n) is 6.58. The highest BCUT2D eigenvalue weighted by Crippen LogP contribution is 2.22. The number of nitrogens with one attached hydrogen (secondary N) is 1. The number of para-hydroxylation sites is 1. The van der Waals surface area contributed by atoms with Gasteiger partial charge in [-0.3, -0.25) is 9.59 Å². The van der Waals surface area contributed by atoms with E-state index in [1.165, 1.54) is 22.7 Å². The summed E-state index contributed by atoms with van der Waals surface area (Å²) in [5.41, 5.74) is 0.359. The van der Waals surface area contributed by atoms with E-state index >= 15 is 0 Å². The van der Waals surface area contributed by atoms with Crippen LogP contribution in [-0.4, -0.2) is 53.9 Å². The van der Waals surface area contributed by atoms with Crippen LogP contribution in [0.4, 0.5) is 0 Å². The van der Waals surface area contributed by atoms with Gasteiger partial charge in [-0.1, -0.05) is 23.9 Å². The van der Waals surface area contributed by atoms with Gasteiger partial charge in [0.1, 0.15) is 6.33 Å². The lowest BCUT2D eigenvalue weighted by molar-refractivity contribution is -0.131. The number of carbonyl (C=O) groups excluding carboxylic acids is 1. The number of benzene rings is 1. The number of hydrogen-bond acceptors (Lipinski definition) is 6. The molecule has 0 bridgehead atoms. The van der Waals surface area contributed by atoms with Gasteiger partial charge >= 0.3 is 0 Å². The maximum absolute atomic E-state index is 13.0. The molecule has 1 N–H and O–H groups in total. The van der Waals surface area contributed by atoms with Crippen LogP contribution in [0.1, 0.15) is 26.2 Å². The van der Waals surface area contributed by atoms with Crippen molar-refractivity contribution in [2.24, 2.45) is 0 Å². The molecular formula is C18H20N6O2S. The molecule has 1 aliphatic rings. The van der Waals surface area contributed by atoms with Crippen molar-refractivity contribution in [3.63, 3.8) is 0 Å². The fourth-order valence-corrected chi connectivity index (χ4v) is 4.26. The molecule has 0 radical (unpaired) electrons. The molecule has 0 aliphatic carbocycles. The largest absolute Gasteiger partial charge is 0.339 e. The van der Waals surface area contributed by atoms with Gasteiger partial charge in [-0.2, -0.15) is 10.1 Å². The van der Waals surface area contributed by atoms with Crippen LogP contribution in [-0.2, 0) is 4.79 Å². The highest BCUT2D eigenvalue weighted by molar-refractivity contribution is 7.99. The summed E-state index contributed by atoms with van der Waals surface area (Å²) in [7, 11) is 0. The van der Waals surface area contributed by atoms with Crippen molar-refractivity contribution in [3.8, 4) is 5.95 Å². The Hall–Kier alpha value is -2.68. The van der Waals surface area contributed by atoms with Crippen LogP contribution in [0.2, 0.25) is 0 Å². The molecule has 140 valence electrons. The summed E-state index contributed by atoms with van der Waals surface area (Å²) in [5.74, 6) is 0.585. The number of nitrogens with zero attached hydrogens (tertiary/aromatic N) is 5. The summed E-state index contributed by atoms with van der Waals surface area (Å²) in [5, 5.41) is 7.46. The van der Waals surface area contributed by atoms with Crippen LogP contribution in [0.25, 0.3) is 16.9 Å². The molecule has 9 heteroatoms. The number of rotatable bonds is 4. The van der Waals surface area contributed by atoms with Crippen molar-refractivity contribution in [1.82, 2.24) is 29.6 Å². The molecule has 2 aromatic heterocycles. The Morgan fingerprint density at radius 2 is 2.19 bits per heavy atom. The van der Waals surface area contributed by atoms with E-state index < -0.39 is 0 Å². The van der Waals surface area contributed by atoms with E-state index in [0.717, 1.165) is 25.8 Å². The van der Waals surface area contributed by atoms with E-state index in [1.807, 2.05) is 11.0 Å². The molecule has 3 aromatic rings. The van der Waals surface area contributed by atoms with Gasteiger partial charge in [-0.05, 0) is 38.3 Å². The van der Waals surface area contributed by atoms with Gasteiger partial charge in [-0.25, -0.2) is 14.6 Å². The molecule has 3 heterocycles. The van der Waals surface area contributed by atoms with Crippen molar-refractivity contribution in [2.45, 2.75) is 37.4 Å². The van der Waals surface area contributed by atoms with Crippen molar-refractivity contribution in [3.05, 3.63) is 40.9 Å². The van der Waals surface area contributed by atoms with Gasteiger partial charge in [0.25, 0.3) is 5.56 Å². The van der Waals surface area contributed by atoms with Crippen molar-refractivity contribution >= 4 is 28.6 Å². The lowest BCUT2D eigenvalue weighted by atomic mass is 10.0. The summed E-state index contributed by atoms with van der Waals surface area (Å²) in [6, 6.07) is 7.41. The molecule has 1 saturated heterocycles. The van der Waals surface area contributed by atoms with Gasteiger partial charge in [0.2, 0.25) is 11.9 Å². The molecule has 1 atom stereocenters. The van der Waals surface area contributed by atoms with Gasteiger partial charge in [0.15, 0.2) is 5.16 Å². The van der Waals surface area contributed by atoms with Gasteiger partial charge in [-0.15, -0.1) is 0 Å². The Morgan fingerprint density at radius 3 is 2.96 bits per heavy atom. The van der Waals surface area contributed by atoms with E-state index in [2.05, 4.69) is 27.1 Å². The number of amides is 1. The minimum Gasteiger partial charge on any atom is -0.339 e. The summed E-state index contributed by atoms with van der Waals surface area (Å²) < 4.78 is 1.38. The van der Waals surface area contributed by atoms with E-state index in [0.29, 0.717) is 22.0 Å². The molecule has 1 amide bonds. The second-order valence-corrected chi connectivity index (χ2v) is 7.52. The summed E-state index contributed by atoms with van der Waals surface area (Å²) in [6.07, 6.45) is 4.58. The first-order chi connectivity index (χ1) is 13.1. The smallest absolute Gasteiger partial charge is 0.269 e. The minimum absolute atomic E-state index is 0.0683. The third-order valence-electron chi connectivity index (χ3n) is 4.81. The monoisotopic (exact) mass is 384 g/mol. The molecule has 4 rings (SSSR count). The average Bonchev–Trinajstić information content (AvgIpc) is 3.21. The average molecular weight is 384 g/mol. The van der Waals surface area contributed by atoms with Gasteiger partial charge in [0, 0.05) is 12.6 Å². The normalized spacial score (nSPS) is 17.4. The lowest BCUT2D eigenvalue weighted by Crippen LogP contribution is -2.43. The third-order valence-corrected chi connectivity index (χ3v) is 5.73. The fraction of sp³-hybridized carbons (Fsp3) is 0.389. The maximum Gasteiger partial charge on any atom is 0.269 e. The van der Waals surface area contributed by atoms with Crippen molar-refractivity contribution in [1.29, 1.82) is 0 Å². The number of piperidine rings is 1. The number of hydrogen-bond donors (Lipinski definition) is 1. The van der Waals surface area contributed by atoms with E-state index in [1.54, 1.807) is 18.2 Å². The number of aromatic amines is 1. The molecule has 0 unspecified atom stereocenters. The Bertz CT molecular complexity index is 1020. The number of fused-ring (bicyclic) bond motifs is 1. The number of aromatic nitrogens is 5. The van der Waals surface area contributed by atoms with Gasteiger partial charge in [0.05, 0.1) is 16.7 Å². The molecule has 0 saturated carbocycles. The zero-order chi connectivity index (χ0) is 18.8. The zero-order valence-electron chi connectivity index (χ0n) is 15.0. The van der Waals surface area contributed by atoms with Crippen LogP contribution in [0.15, 0.2) is 40.5 Å². The van der Waals surface area contributed by atoms with Crippen LogP contribution >= 0.6 is 11.8 Å². The second kappa shape index (κ2) is 7.51. The molecule has 27 heavy (non-hydrogen) atoms. The summed E-state index contributed by atoms with van der Waals surface area (Å²) in [4.78, 5) is 36.3. The lowest BCUT2D eigenvalue weighted by Gasteiger charge is -2.33. The Kier molecular flexibility index (Phi) is 4.93. The minimum atomic E-state index is -0.237. The quantitative estimate of drug-likeness (QED) is 0.546. The van der Waals surface area contributed by atoms with Gasteiger partial charge < -0.3 is 4.90 Å². The predicted octanol–water partition coefficient (Wildman–Crippen LogP) is 2.00. The molecule has 8 nitrogen and oxygen atoms in total. The van der Waals surface area contributed by atoms with E-state index in [9.17, 15) is 9.59 Å². The summed E-state index contributed by atoms with van der Waals surface area (Å²) in [6.45, 7) is 2.88. The molecule has 1 aromatic carbocycles. The van der Waals surface area contributed by atoms with Crippen molar-refractivity contribution in [2.75, 3.05) is 12.3 Å². The van der Waals surface area contributed by atoms with Crippen molar-refractivity contribution < 1.29 is 4.79 Å². The first-order valence-corrected chi connectivity index (χ1v) is 9.93. The highest BCUT2D eigenvalue weighted by Gasteiger charge is 2.24. The van der Waals surface area contributed by atoms with E-state index in [4.69, 9.17) is 0 Å². The maximum atomic E-state index is 13.0. The number of carbonyl (C=O) groups is 1. The zero-order valence-corrected chi connectivity index (χ0v) is 15.8. The number of H-pyrrole nitrogens is 1.